The zero-order valence-electron chi connectivity index (χ0n) is 17.4. The van der Waals surface area contributed by atoms with Crippen molar-refractivity contribution >= 4 is 35.6 Å². The summed E-state index contributed by atoms with van der Waals surface area (Å²) in [6.07, 6.45) is 4.61. The molecule has 1 aromatic heterocycles. The van der Waals surface area contributed by atoms with Crippen molar-refractivity contribution in [2.45, 2.75) is 52.6 Å². The molecule has 1 aromatic carbocycles. The second kappa shape index (κ2) is 11.8. The van der Waals surface area contributed by atoms with Crippen LogP contribution in [0.1, 0.15) is 44.8 Å². The zero-order chi connectivity index (χ0) is 19.8. The fourth-order valence-electron chi connectivity index (χ4n) is 3.28. The molecule has 3 rings (SSSR count). The number of hydrogen-bond donors (Lipinski definition) is 2. The molecule has 2 N–H and O–H groups in total. The van der Waals surface area contributed by atoms with Crippen LogP contribution in [0.3, 0.4) is 0 Å². The molecular formula is C20H31IN6O2. The Balaban J connectivity index is 0.00000300. The molecule has 8 nitrogen and oxygen atoms in total. The van der Waals surface area contributed by atoms with Crippen LogP contribution in [-0.2, 0) is 19.5 Å². The number of aliphatic imine (C=N–C) groups is 1. The number of ether oxygens (including phenoxy) is 2. The van der Waals surface area contributed by atoms with Crippen molar-refractivity contribution in [1.29, 1.82) is 0 Å². The van der Waals surface area contributed by atoms with Crippen LogP contribution in [-0.4, -0.2) is 41.0 Å². The third-order valence-corrected chi connectivity index (χ3v) is 4.64. The van der Waals surface area contributed by atoms with Gasteiger partial charge in [0.15, 0.2) is 23.3 Å². The lowest BCUT2D eigenvalue weighted by Crippen LogP contribution is -2.30. The van der Waals surface area contributed by atoms with E-state index in [9.17, 15) is 0 Å². The smallest absolute Gasteiger partial charge is 0.196 e. The zero-order valence-corrected chi connectivity index (χ0v) is 19.7. The van der Waals surface area contributed by atoms with Gasteiger partial charge in [-0.3, -0.25) is 0 Å². The average molecular weight is 514 g/mol. The summed E-state index contributed by atoms with van der Waals surface area (Å²) in [4.78, 5) is 4.71. The lowest BCUT2D eigenvalue weighted by molar-refractivity contribution is 0.311. The maximum absolute atomic E-state index is 5.66. The minimum absolute atomic E-state index is 0. The van der Waals surface area contributed by atoms with E-state index in [-0.39, 0.29) is 24.0 Å². The molecule has 0 atom stereocenters. The molecule has 0 aliphatic carbocycles. The molecule has 1 aliphatic heterocycles. The van der Waals surface area contributed by atoms with Gasteiger partial charge < -0.3 is 24.7 Å². The van der Waals surface area contributed by atoms with Crippen LogP contribution < -0.4 is 20.1 Å². The highest BCUT2D eigenvalue weighted by atomic mass is 127. The first-order chi connectivity index (χ1) is 13.7. The topological polar surface area (TPSA) is 85.6 Å². The summed E-state index contributed by atoms with van der Waals surface area (Å²) >= 11 is 0. The van der Waals surface area contributed by atoms with Gasteiger partial charge in [0.1, 0.15) is 12.4 Å². The second-order valence-electron chi connectivity index (χ2n) is 6.61. The lowest BCUT2D eigenvalue weighted by Gasteiger charge is -2.14. The quantitative estimate of drug-likeness (QED) is 0.334. The van der Waals surface area contributed by atoms with Crippen LogP contribution in [0.15, 0.2) is 23.2 Å². The van der Waals surface area contributed by atoms with Crippen LogP contribution in [0.2, 0.25) is 0 Å². The number of methoxy groups -OCH3 is 1. The number of fused-ring (bicyclic) bond motifs is 1. The van der Waals surface area contributed by atoms with E-state index in [4.69, 9.17) is 14.5 Å². The van der Waals surface area contributed by atoms with Crippen molar-refractivity contribution < 1.29 is 9.47 Å². The molecule has 0 spiro atoms. The molecule has 2 aromatic rings. The fraction of sp³-hybridized carbons (Fsp3) is 0.550. The number of guanidine groups is 1. The van der Waals surface area contributed by atoms with E-state index in [1.165, 1.54) is 19.3 Å². The molecular weight excluding hydrogens is 483 g/mol. The molecule has 0 saturated heterocycles. The summed E-state index contributed by atoms with van der Waals surface area (Å²) in [7, 11) is 1.64. The fourth-order valence-corrected chi connectivity index (χ4v) is 3.28. The first-order valence-electron chi connectivity index (χ1n) is 10.0. The largest absolute Gasteiger partial charge is 0.493 e. The normalized spacial score (nSPS) is 13.7. The third-order valence-electron chi connectivity index (χ3n) is 4.64. The minimum Gasteiger partial charge on any atom is -0.493 e. The highest BCUT2D eigenvalue weighted by molar-refractivity contribution is 14.0. The third kappa shape index (κ3) is 6.22. The van der Waals surface area contributed by atoms with Crippen molar-refractivity contribution in [2.75, 3.05) is 25.6 Å². The van der Waals surface area contributed by atoms with Crippen molar-refractivity contribution in [1.82, 2.24) is 20.1 Å². The predicted octanol–water partition coefficient (Wildman–Crippen LogP) is 3.61. The van der Waals surface area contributed by atoms with Crippen LogP contribution in [0.25, 0.3) is 0 Å². The van der Waals surface area contributed by atoms with Gasteiger partial charge in [0.25, 0.3) is 0 Å². The summed E-state index contributed by atoms with van der Waals surface area (Å²) in [5.41, 5.74) is 0.879. The van der Waals surface area contributed by atoms with Gasteiger partial charge in [0, 0.05) is 31.3 Å². The number of hydrogen-bond acceptors (Lipinski definition) is 5. The Morgan fingerprint density at radius 3 is 2.79 bits per heavy atom. The minimum atomic E-state index is 0. The van der Waals surface area contributed by atoms with E-state index in [1.807, 2.05) is 32.0 Å². The van der Waals surface area contributed by atoms with E-state index in [0.717, 1.165) is 36.8 Å². The average Bonchev–Trinajstić information content (AvgIpc) is 2.93. The number of benzene rings is 1. The number of aryl methyl sites for hydroxylation is 1. The van der Waals surface area contributed by atoms with Gasteiger partial charge in [-0.25, -0.2) is 4.99 Å². The number of halogens is 1. The number of anilines is 1. The number of nitrogens with zero attached hydrogens (tertiary/aromatic N) is 4. The summed E-state index contributed by atoms with van der Waals surface area (Å²) < 4.78 is 13.2. The molecule has 0 fully saturated rings. The second-order valence-corrected chi connectivity index (χ2v) is 6.61. The van der Waals surface area contributed by atoms with Gasteiger partial charge in [-0.15, -0.1) is 34.2 Å². The van der Waals surface area contributed by atoms with Crippen LogP contribution >= 0.6 is 24.0 Å². The molecule has 2 heterocycles. The summed E-state index contributed by atoms with van der Waals surface area (Å²) in [5, 5.41) is 15.3. The Kier molecular flexibility index (Phi) is 9.49. The van der Waals surface area contributed by atoms with Gasteiger partial charge in [-0.2, -0.15) is 0 Å². The van der Waals surface area contributed by atoms with Crippen molar-refractivity contribution in [2.24, 2.45) is 4.99 Å². The van der Waals surface area contributed by atoms with E-state index in [2.05, 4.69) is 25.4 Å². The Morgan fingerprint density at radius 2 is 2.03 bits per heavy atom. The van der Waals surface area contributed by atoms with E-state index in [0.29, 0.717) is 30.6 Å². The van der Waals surface area contributed by atoms with Crippen LogP contribution in [0, 0.1) is 0 Å². The van der Waals surface area contributed by atoms with Gasteiger partial charge >= 0.3 is 0 Å². The Morgan fingerprint density at radius 1 is 1.17 bits per heavy atom. The Bertz CT molecular complexity index is 808. The molecule has 160 valence electrons. The van der Waals surface area contributed by atoms with Gasteiger partial charge in [0.05, 0.1) is 13.7 Å². The van der Waals surface area contributed by atoms with Crippen LogP contribution in [0.4, 0.5) is 5.69 Å². The van der Waals surface area contributed by atoms with E-state index >= 15 is 0 Å². The van der Waals surface area contributed by atoms with Gasteiger partial charge in [-0.1, -0.05) is 6.42 Å². The Labute approximate surface area is 189 Å². The van der Waals surface area contributed by atoms with Gasteiger partial charge in [-0.05, 0) is 38.8 Å². The first kappa shape index (κ1) is 23.2. The predicted molar refractivity (Wildman–Crippen MR) is 126 cm³/mol. The van der Waals surface area contributed by atoms with E-state index < -0.39 is 0 Å². The standard InChI is InChI=1S/C20H30N6O2.HI/c1-4-21-20(23-15-10-11-16(27-3)17(13-15)28-5-2)22-14-19-25-24-18-9-7-6-8-12-26(18)19;/h10-11,13H,4-9,12,14H2,1-3H3,(H2,21,22,23);1H. The van der Waals surface area contributed by atoms with Crippen molar-refractivity contribution in [3.63, 3.8) is 0 Å². The molecule has 1 aliphatic rings. The SMILES string of the molecule is CCNC(=NCc1nnc2n1CCCCC2)Nc1ccc(OC)c(OCC)c1.I. The number of aromatic nitrogens is 3. The number of nitrogens with one attached hydrogen (secondary N) is 2. The highest BCUT2D eigenvalue weighted by Crippen LogP contribution is 2.30. The molecule has 0 bridgehead atoms. The maximum Gasteiger partial charge on any atom is 0.196 e. The Hall–Kier alpha value is -2.04. The van der Waals surface area contributed by atoms with E-state index in [1.54, 1.807) is 7.11 Å². The highest BCUT2D eigenvalue weighted by Gasteiger charge is 2.14. The summed E-state index contributed by atoms with van der Waals surface area (Å²) in [6.45, 7) is 6.79. The first-order valence-corrected chi connectivity index (χ1v) is 10.0. The number of rotatable bonds is 7. The van der Waals surface area contributed by atoms with Crippen molar-refractivity contribution in [3.8, 4) is 11.5 Å². The molecule has 0 amide bonds. The molecule has 29 heavy (non-hydrogen) atoms. The molecule has 0 unspecified atom stereocenters. The summed E-state index contributed by atoms with van der Waals surface area (Å²) in [5.74, 6) is 4.10. The molecule has 9 heteroatoms. The van der Waals surface area contributed by atoms with Gasteiger partial charge in [0.2, 0.25) is 0 Å². The van der Waals surface area contributed by atoms with Crippen molar-refractivity contribution in [3.05, 3.63) is 29.8 Å². The monoisotopic (exact) mass is 514 g/mol. The summed E-state index contributed by atoms with van der Waals surface area (Å²) in [6, 6.07) is 5.74. The lowest BCUT2D eigenvalue weighted by atomic mass is 10.2. The maximum atomic E-state index is 5.66. The molecule has 0 radical (unpaired) electrons. The van der Waals surface area contributed by atoms with Crippen LogP contribution in [0.5, 0.6) is 11.5 Å². The molecule has 0 saturated carbocycles.